The fraction of sp³-hybridized carbons (Fsp3) is 0.846. The minimum Gasteiger partial charge on any atom is -0.374 e. The molecular weight excluding hydrogens is 232 g/mol. The number of hydrogen-bond donors (Lipinski definition) is 0. The summed E-state index contributed by atoms with van der Waals surface area (Å²) in [5, 5.41) is 0. The first kappa shape index (κ1) is 13.3. The third-order valence-electron chi connectivity index (χ3n) is 3.77. The number of fused-ring (bicyclic) bond motifs is 2. The van der Waals surface area contributed by atoms with Gasteiger partial charge in [-0.05, 0) is 45.4 Å². The fourth-order valence-electron chi connectivity index (χ4n) is 3.24. The van der Waals surface area contributed by atoms with Crippen LogP contribution in [0.3, 0.4) is 0 Å². The van der Waals surface area contributed by atoms with Gasteiger partial charge >= 0.3 is 8.80 Å². The Morgan fingerprint density at radius 3 is 1.88 bits per heavy atom. The van der Waals surface area contributed by atoms with E-state index in [2.05, 4.69) is 12.2 Å². The molecule has 2 aliphatic rings. The molecule has 98 valence electrons. The molecule has 3 nitrogen and oxygen atoms in total. The average molecular weight is 256 g/mol. The molecule has 1 saturated carbocycles. The van der Waals surface area contributed by atoms with E-state index >= 15 is 0 Å². The maximum atomic E-state index is 6.01. The molecule has 0 aromatic rings. The standard InChI is InChI=1S/C13H24O3Si/c1-4-14-17(15-5-2,16-6-3)13-10-11-7-8-12(13)9-11/h7-8,11-13H,4-6,9-10H2,1-3H3/t11-,12+,13-/m1/s1. The predicted molar refractivity (Wildman–Crippen MR) is 69.7 cm³/mol. The first-order chi connectivity index (χ1) is 8.25. The summed E-state index contributed by atoms with van der Waals surface area (Å²) in [7, 11) is -2.47. The van der Waals surface area contributed by atoms with Gasteiger partial charge in [0.25, 0.3) is 0 Å². The lowest BCUT2D eigenvalue weighted by atomic mass is 10.1. The van der Waals surface area contributed by atoms with E-state index in [4.69, 9.17) is 13.3 Å². The molecule has 0 saturated heterocycles. The van der Waals surface area contributed by atoms with Crippen LogP contribution in [0.4, 0.5) is 0 Å². The minimum atomic E-state index is -2.47. The summed E-state index contributed by atoms with van der Waals surface area (Å²) in [4.78, 5) is 0. The van der Waals surface area contributed by atoms with Crippen LogP contribution >= 0.6 is 0 Å². The van der Waals surface area contributed by atoms with Crippen molar-refractivity contribution < 1.29 is 13.3 Å². The van der Waals surface area contributed by atoms with Gasteiger partial charge in [0, 0.05) is 25.4 Å². The quantitative estimate of drug-likeness (QED) is 0.518. The van der Waals surface area contributed by atoms with Crippen LogP contribution in [0, 0.1) is 11.8 Å². The van der Waals surface area contributed by atoms with Gasteiger partial charge in [0.1, 0.15) is 0 Å². The molecule has 1 fully saturated rings. The highest BCUT2D eigenvalue weighted by atomic mass is 28.4. The molecule has 0 aromatic carbocycles. The second-order valence-corrected chi connectivity index (χ2v) is 7.60. The van der Waals surface area contributed by atoms with E-state index in [0.29, 0.717) is 31.3 Å². The Hall–Kier alpha value is -0.163. The highest BCUT2D eigenvalue weighted by Gasteiger charge is 2.56. The number of hydrogen-bond acceptors (Lipinski definition) is 3. The summed E-state index contributed by atoms with van der Waals surface area (Å²) in [6.07, 6.45) is 7.15. The zero-order chi connectivity index (χ0) is 12.3. The Bertz CT molecular complexity index is 263. The summed E-state index contributed by atoms with van der Waals surface area (Å²) in [5.41, 5.74) is 0.484. The van der Waals surface area contributed by atoms with Gasteiger partial charge in [-0.1, -0.05) is 12.2 Å². The molecule has 4 heteroatoms. The second kappa shape index (κ2) is 5.65. The molecular formula is C13H24O3Si. The van der Waals surface area contributed by atoms with E-state index in [9.17, 15) is 0 Å². The van der Waals surface area contributed by atoms with Gasteiger partial charge in [0.15, 0.2) is 0 Å². The molecule has 0 spiro atoms. The van der Waals surface area contributed by atoms with E-state index < -0.39 is 8.80 Å². The Kier molecular flexibility index (Phi) is 4.41. The average Bonchev–Trinajstić information content (AvgIpc) is 2.91. The lowest BCUT2D eigenvalue weighted by molar-refractivity contribution is 0.0578. The molecule has 0 radical (unpaired) electrons. The predicted octanol–water partition coefficient (Wildman–Crippen LogP) is 3.00. The summed E-state index contributed by atoms with van der Waals surface area (Å²) in [5.74, 6) is 1.36. The van der Waals surface area contributed by atoms with Crippen LogP contribution in [0.25, 0.3) is 0 Å². The van der Waals surface area contributed by atoms with E-state index in [-0.39, 0.29) is 0 Å². The highest BCUT2D eigenvalue weighted by Crippen LogP contribution is 2.52. The Labute approximate surface area is 106 Å². The molecule has 0 amide bonds. The van der Waals surface area contributed by atoms with Crippen molar-refractivity contribution >= 4 is 8.80 Å². The first-order valence-electron chi connectivity index (χ1n) is 6.85. The van der Waals surface area contributed by atoms with Crippen LogP contribution in [0.5, 0.6) is 0 Å². The SMILES string of the molecule is CCO[Si](OCC)(OCC)[C@@H]1C[C@@H]2C=C[C@H]1C2. The summed E-state index contributed by atoms with van der Waals surface area (Å²) in [6.45, 7) is 8.14. The molecule has 3 atom stereocenters. The highest BCUT2D eigenvalue weighted by molar-refractivity contribution is 6.62. The third-order valence-corrected chi connectivity index (χ3v) is 7.41. The monoisotopic (exact) mass is 256 g/mol. The van der Waals surface area contributed by atoms with E-state index in [1.807, 2.05) is 20.8 Å². The number of rotatable bonds is 7. The molecule has 2 aliphatic carbocycles. The van der Waals surface area contributed by atoms with Crippen molar-refractivity contribution in [2.45, 2.75) is 39.2 Å². The Morgan fingerprint density at radius 2 is 1.53 bits per heavy atom. The van der Waals surface area contributed by atoms with Crippen LogP contribution in [-0.4, -0.2) is 28.6 Å². The van der Waals surface area contributed by atoms with Gasteiger partial charge in [-0.25, -0.2) is 0 Å². The van der Waals surface area contributed by atoms with Gasteiger partial charge in [0.05, 0.1) is 0 Å². The Morgan fingerprint density at radius 1 is 0.941 bits per heavy atom. The minimum absolute atomic E-state index is 0.484. The maximum Gasteiger partial charge on any atom is 0.504 e. The van der Waals surface area contributed by atoms with Crippen LogP contribution in [-0.2, 0) is 13.3 Å². The Balaban J connectivity index is 2.15. The lowest BCUT2D eigenvalue weighted by Crippen LogP contribution is -2.51. The molecule has 0 aliphatic heterocycles. The van der Waals surface area contributed by atoms with Gasteiger partial charge in [-0.2, -0.15) is 0 Å². The lowest BCUT2D eigenvalue weighted by Gasteiger charge is -2.36. The zero-order valence-corrected chi connectivity index (χ0v) is 12.1. The molecule has 2 bridgehead atoms. The van der Waals surface area contributed by atoms with Crippen molar-refractivity contribution in [1.82, 2.24) is 0 Å². The van der Waals surface area contributed by atoms with E-state index in [1.54, 1.807) is 0 Å². The van der Waals surface area contributed by atoms with Crippen LogP contribution in [0.15, 0.2) is 12.2 Å². The van der Waals surface area contributed by atoms with Crippen LogP contribution in [0.1, 0.15) is 33.6 Å². The maximum absolute atomic E-state index is 6.01. The molecule has 0 N–H and O–H groups in total. The number of allylic oxidation sites excluding steroid dienone is 2. The van der Waals surface area contributed by atoms with Crippen molar-refractivity contribution in [2.24, 2.45) is 11.8 Å². The normalized spacial score (nSPS) is 31.4. The first-order valence-corrected chi connectivity index (χ1v) is 8.66. The molecule has 0 heterocycles. The van der Waals surface area contributed by atoms with Gasteiger partial charge < -0.3 is 13.3 Å². The van der Waals surface area contributed by atoms with Crippen molar-refractivity contribution in [1.29, 1.82) is 0 Å². The van der Waals surface area contributed by atoms with Crippen molar-refractivity contribution in [2.75, 3.05) is 19.8 Å². The second-order valence-electron chi connectivity index (χ2n) is 4.79. The molecule has 0 aromatic heterocycles. The fourth-order valence-corrected chi connectivity index (χ4v) is 6.70. The smallest absolute Gasteiger partial charge is 0.374 e. The van der Waals surface area contributed by atoms with E-state index in [0.717, 1.165) is 5.92 Å². The van der Waals surface area contributed by atoms with Crippen LogP contribution in [0.2, 0.25) is 5.54 Å². The topological polar surface area (TPSA) is 27.7 Å². The summed E-state index contributed by atoms with van der Waals surface area (Å²) in [6, 6.07) is 0. The largest absolute Gasteiger partial charge is 0.504 e. The van der Waals surface area contributed by atoms with Gasteiger partial charge in [0.2, 0.25) is 0 Å². The summed E-state index contributed by atoms with van der Waals surface area (Å²) < 4.78 is 18.0. The molecule has 17 heavy (non-hydrogen) atoms. The van der Waals surface area contributed by atoms with E-state index in [1.165, 1.54) is 12.8 Å². The zero-order valence-electron chi connectivity index (χ0n) is 11.1. The van der Waals surface area contributed by atoms with Crippen molar-refractivity contribution in [3.05, 3.63) is 12.2 Å². The van der Waals surface area contributed by atoms with Gasteiger partial charge in [-0.15, -0.1) is 0 Å². The summed E-state index contributed by atoms with van der Waals surface area (Å²) >= 11 is 0. The molecule has 0 unspecified atom stereocenters. The van der Waals surface area contributed by atoms with Crippen molar-refractivity contribution in [3.63, 3.8) is 0 Å². The van der Waals surface area contributed by atoms with Gasteiger partial charge in [-0.3, -0.25) is 0 Å². The third kappa shape index (κ3) is 2.50. The molecule has 2 rings (SSSR count). The van der Waals surface area contributed by atoms with Crippen molar-refractivity contribution in [3.8, 4) is 0 Å². The van der Waals surface area contributed by atoms with Crippen LogP contribution < -0.4 is 0 Å².